The molecule has 1 heterocycles. The van der Waals surface area contributed by atoms with Crippen LogP contribution in [0.2, 0.25) is 0 Å². The van der Waals surface area contributed by atoms with Gasteiger partial charge in [0.15, 0.2) is 0 Å². The molecule has 3 aliphatic rings. The van der Waals surface area contributed by atoms with Crippen molar-refractivity contribution in [3.05, 3.63) is 12.2 Å². The Morgan fingerprint density at radius 3 is 2.33 bits per heavy atom. The van der Waals surface area contributed by atoms with Crippen molar-refractivity contribution in [3.63, 3.8) is 0 Å². The summed E-state index contributed by atoms with van der Waals surface area (Å²) >= 11 is 0. The molecule has 3 nitrogen and oxygen atoms in total. The number of carbonyl (C=O) groups excluding carboxylic acids is 2. The number of fused-ring (bicyclic) bond motifs is 2. The summed E-state index contributed by atoms with van der Waals surface area (Å²) in [6.07, 6.45) is 7.81. The first-order chi connectivity index (χ1) is 7.22. The third kappa shape index (κ3) is 1.50. The summed E-state index contributed by atoms with van der Waals surface area (Å²) in [7, 11) is 0. The molecule has 0 spiro atoms. The summed E-state index contributed by atoms with van der Waals surface area (Å²) in [6, 6.07) is 0. The van der Waals surface area contributed by atoms with Crippen LogP contribution in [0.15, 0.2) is 12.2 Å². The van der Waals surface area contributed by atoms with E-state index in [1.165, 1.54) is 6.42 Å². The summed E-state index contributed by atoms with van der Waals surface area (Å²) in [4.78, 5) is 22.4. The number of hydrogen-bond acceptors (Lipinski definition) is 3. The van der Waals surface area contributed by atoms with Crippen molar-refractivity contribution in [3.8, 4) is 0 Å². The number of carbonyl (C=O) groups is 2. The van der Waals surface area contributed by atoms with Gasteiger partial charge in [-0.15, -0.1) is 0 Å². The van der Waals surface area contributed by atoms with Gasteiger partial charge in [-0.1, -0.05) is 12.2 Å². The highest BCUT2D eigenvalue weighted by Crippen LogP contribution is 2.48. The molecule has 0 N–H and O–H groups in total. The second-order valence-electron chi connectivity index (χ2n) is 4.96. The van der Waals surface area contributed by atoms with Crippen LogP contribution in [0.1, 0.15) is 25.7 Å². The van der Waals surface area contributed by atoms with E-state index in [-0.39, 0.29) is 17.9 Å². The minimum atomic E-state index is -0.331. The Labute approximate surface area is 88.5 Å². The first kappa shape index (κ1) is 9.13. The van der Waals surface area contributed by atoms with E-state index in [0.29, 0.717) is 30.6 Å². The van der Waals surface area contributed by atoms with Crippen molar-refractivity contribution in [1.29, 1.82) is 0 Å². The molecule has 2 aliphatic carbocycles. The minimum Gasteiger partial charge on any atom is -0.393 e. The van der Waals surface area contributed by atoms with Crippen LogP contribution >= 0.6 is 0 Å². The smallest absolute Gasteiger partial charge is 0.313 e. The maximum Gasteiger partial charge on any atom is 0.313 e. The molecule has 0 radical (unpaired) electrons. The lowest BCUT2D eigenvalue weighted by Crippen LogP contribution is -2.31. The molecule has 15 heavy (non-hydrogen) atoms. The molecular weight excluding hydrogens is 192 g/mol. The molecule has 0 aromatic heterocycles. The Kier molecular flexibility index (Phi) is 1.94. The number of allylic oxidation sites excluding steroid dienone is 2. The zero-order valence-corrected chi connectivity index (χ0v) is 8.52. The van der Waals surface area contributed by atoms with Gasteiger partial charge >= 0.3 is 11.9 Å². The molecule has 3 rings (SSSR count). The number of esters is 2. The van der Waals surface area contributed by atoms with E-state index in [2.05, 4.69) is 16.9 Å². The summed E-state index contributed by atoms with van der Waals surface area (Å²) < 4.78 is 4.56. The Morgan fingerprint density at radius 1 is 1.07 bits per heavy atom. The van der Waals surface area contributed by atoms with Gasteiger partial charge in [-0.3, -0.25) is 9.59 Å². The van der Waals surface area contributed by atoms with Gasteiger partial charge in [0.05, 0.1) is 0 Å². The quantitative estimate of drug-likeness (QED) is 0.372. The van der Waals surface area contributed by atoms with Crippen LogP contribution in [-0.4, -0.2) is 11.9 Å². The van der Waals surface area contributed by atoms with E-state index < -0.39 is 0 Å². The van der Waals surface area contributed by atoms with Crippen molar-refractivity contribution in [1.82, 2.24) is 0 Å². The van der Waals surface area contributed by atoms with Crippen molar-refractivity contribution < 1.29 is 14.3 Å². The van der Waals surface area contributed by atoms with Crippen molar-refractivity contribution in [2.24, 2.45) is 23.7 Å². The molecule has 3 heteroatoms. The van der Waals surface area contributed by atoms with Gasteiger partial charge in [-0.25, -0.2) is 0 Å². The molecule has 0 aromatic rings. The second kappa shape index (κ2) is 3.19. The van der Waals surface area contributed by atoms with Crippen LogP contribution in [-0.2, 0) is 14.3 Å². The van der Waals surface area contributed by atoms with Crippen LogP contribution in [0, 0.1) is 23.7 Å². The number of hydrogen-bond donors (Lipinski definition) is 0. The topological polar surface area (TPSA) is 43.4 Å². The standard InChI is InChI=1S/C12H14O3/c13-11-5-9(6-12(14)15-11)10-4-7-1-2-8(10)3-7/h1-2,7-10H,3-6H2. The van der Waals surface area contributed by atoms with Crippen LogP contribution in [0.5, 0.6) is 0 Å². The van der Waals surface area contributed by atoms with Crippen LogP contribution in [0.3, 0.4) is 0 Å². The van der Waals surface area contributed by atoms with E-state index in [0.717, 1.165) is 6.42 Å². The van der Waals surface area contributed by atoms with Gasteiger partial charge in [0.2, 0.25) is 0 Å². The fourth-order valence-electron chi connectivity index (χ4n) is 3.38. The highest BCUT2D eigenvalue weighted by Gasteiger charge is 2.43. The minimum absolute atomic E-state index is 0.235. The molecular formula is C12H14O3. The van der Waals surface area contributed by atoms with E-state index in [9.17, 15) is 9.59 Å². The average Bonchev–Trinajstić information content (AvgIpc) is 2.76. The third-order valence-electron chi connectivity index (χ3n) is 4.02. The molecule has 1 saturated heterocycles. The Morgan fingerprint density at radius 2 is 1.80 bits per heavy atom. The highest BCUT2D eigenvalue weighted by atomic mass is 16.6. The normalized spacial score (nSPS) is 39.9. The molecule has 3 atom stereocenters. The van der Waals surface area contributed by atoms with Crippen LogP contribution < -0.4 is 0 Å². The zero-order valence-electron chi connectivity index (χ0n) is 8.52. The molecule has 0 aromatic carbocycles. The van der Waals surface area contributed by atoms with Gasteiger partial charge in [0.25, 0.3) is 0 Å². The fourth-order valence-corrected chi connectivity index (χ4v) is 3.38. The molecule has 1 aliphatic heterocycles. The third-order valence-corrected chi connectivity index (χ3v) is 4.02. The Balaban J connectivity index is 1.74. The molecule has 80 valence electrons. The number of cyclic esters (lactones) is 2. The maximum absolute atomic E-state index is 11.2. The van der Waals surface area contributed by atoms with E-state index in [1.54, 1.807) is 0 Å². The lowest BCUT2D eigenvalue weighted by atomic mass is 9.78. The van der Waals surface area contributed by atoms with Crippen LogP contribution in [0.25, 0.3) is 0 Å². The lowest BCUT2D eigenvalue weighted by molar-refractivity contribution is -0.166. The van der Waals surface area contributed by atoms with Crippen molar-refractivity contribution in [2.75, 3.05) is 0 Å². The lowest BCUT2D eigenvalue weighted by Gasteiger charge is -2.29. The Hall–Kier alpha value is -1.12. The fraction of sp³-hybridized carbons (Fsp3) is 0.667. The zero-order chi connectivity index (χ0) is 10.4. The van der Waals surface area contributed by atoms with Crippen molar-refractivity contribution >= 4 is 11.9 Å². The monoisotopic (exact) mass is 206 g/mol. The summed E-state index contributed by atoms with van der Waals surface area (Å²) in [6.45, 7) is 0. The summed E-state index contributed by atoms with van der Waals surface area (Å²) in [5.41, 5.74) is 0. The van der Waals surface area contributed by atoms with Crippen molar-refractivity contribution in [2.45, 2.75) is 25.7 Å². The summed E-state index contributed by atoms with van der Waals surface area (Å²) in [5.74, 6) is 1.42. The maximum atomic E-state index is 11.2. The molecule has 3 unspecified atom stereocenters. The Bertz CT molecular complexity index is 329. The highest BCUT2D eigenvalue weighted by molar-refractivity contribution is 5.88. The molecule has 2 fully saturated rings. The molecule has 2 bridgehead atoms. The average molecular weight is 206 g/mol. The summed E-state index contributed by atoms with van der Waals surface area (Å²) in [5, 5.41) is 0. The molecule has 1 saturated carbocycles. The predicted octanol–water partition coefficient (Wildman–Crippen LogP) is 1.68. The first-order valence-electron chi connectivity index (χ1n) is 5.64. The number of rotatable bonds is 1. The SMILES string of the molecule is O=C1CC(C2CC3C=CC2C3)CC(=O)O1. The van der Waals surface area contributed by atoms with Gasteiger partial charge in [0.1, 0.15) is 0 Å². The predicted molar refractivity (Wildman–Crippen MR) is 52.7 cm³/mol. The van der Waals surface area contributed by atoms with Gasteiger partial charge < -0.3 is 4.74 Å². The number of ether oxygens (including phenoxy) is 1. The van der Waals surface area contributed by atoms with Gasteiger partial charge in [0, 0.05) is 12.8 Å². The van der Waals surface area contributed by atoms with E-state index >= 15 is 0 Å². The van der Waals surface area contributed by atoms with Crippen LogP contribution in [0.4, 0.5) is 0 Å². The second-order valence-corrected chi connectivity index (χ2v) is 4.96. The van der Waals surface area contributed by atoms with E-state index in [4.69, 9.17) is 0 Å². The largest absolute Gasteiger partial charge is 0.393 e. The first-order valence-corrected chi connectivity index (χ1v) is 5.64. The van der Waals surface area contributed by atoms with Gasteiger partial charge in [-0.05, 0) is 36.5 Å². The van der Waals surface area contributed by atoms with E-state index in [1.807, 2.05) is 0 Å². The molecule has 0 amide bonds. The van der Waals surface area contributed by atoms with Gasteiger partial charge in [-0.2, -0.15) is 0 Å².